The Hall–Kier alpha value is -2.34. The van der Waals surface area contributed by atoms with Gasteiger partial charge in [-0.25, -0.2) is 9.97 Å². The zero-order chi connectivity index (χ0) is 18.6. The van der Waals surface area contributed by atoms with Gasteiger partial charge in [0.2, 0.25) is 0 Å². The third-order valence-electron chi connectivity index (χ3n) is 5.33. The molecule has 0 bridgehead atoms. The van der Waals surface area contributed by atoms with E-state index in [0.717, 1.165) is 69.6 Å². The Morgan fingerprint density at radius 1 is 1.07 bits per heavy atom. The third-order valence-corrected chi connectivity index (χ3v) is 5.33. The van der Waals surface area contributed by atoms with Crippen LogP contribution in [0.25, 0.3) is 0 Å². The van der Waals surface area contributed by atoms with Crippen molar-refractivity contribution in [2.75, 3.05) is 54.4 Å². The fraction of sp³-hybridized carbons (Fsp3) is 0.524. The van der Waals surface area contributed by atoms with Crippen LogP contribution in [0.5, 0.6) is 0 Å². The summed E-state index contributed by atoms with van der Waals surface area (Å²) >= 11 is 0. The molecule has 6 heteroatoms. The van der Waals surface area contributed by atoms with Crippen LogP contribution in [0.15, 0.2) is 30.3 Å². The van der Waals surface area contributed by atoms with Gasteiger partial charge in [-0.1, -0.05) is 12.1 Å². The Morgan fingerprint density at radius 3 is 2.63 bits per heavy atom. The Kier molecular flexibility index (Phi) is 5.43. The van der Waals surface area contributed by atoms with Crippen LogP contribution < -0.4 is 15.1 Å². The summed E-state index contributed by atoms with van der Waals surface area (Å²) in [6.07, 6.45) is 2.60. The van der Waals surface area contributed by atoms with Crippen LogP contribution >= 0.6 is 0 Å². The Labute approximate surface area is 161 Å². The van der Waals surface area contributed by atoms with Crippen molar-refractivity contribution in [1.29, 1.82) is 0 Å². The molecule has 2 aliphatic rings. The van der Waals surface area contributed by atoms with E-state index in [1.807, 2.05) is 6.92 Å². The minimum Gasteiger partial charge on any atom is -0.376 e. The normalized spacial score (nSPS) is 20.1. The molecule has 0 amide bonds. The topological polar surface area (TPSA) is 53.5 Å². The smallest absolute Gasteiger partial charge is 0.134 e. The summed E-state index contributed by atoms with van der Waals surface area (Å²) in [7, 11) is 0. The third kappa shape index (κ3) is 4.50. The van der Waals surface area contributed by atoms with E-state index in [1.54, 1.807) is 0 Å². The molecule has 0 radical (unpaired) electrons. The van der Waals surface area contributed by atoms with Gasteiger partial charge in [0, 0.05) is 51.1 Å². The summed E-state index contributed by atoms with van der Waals surface area (Å²) in [5.41, 5.74) is 2.62. The zero-order valence-corrected chi connectivity index (χ0v) is 16.3. The van der Waals surface area contributed by atoms with Crippen LogP contribution in [-0.2, 0) is 4.74 Å². The average molecular weight is 367 g/mol. The number of ether oxygens (including phenoxy) is 1. The molecule has 6 nitrogen and oxygen atoms in total. The van der Waals surface area contributed by atoms with E-state index in [-0.39, 0.29) is 0 Å². The van der Waals surface area contributed by atoms with E-state index >= 15 is 0 Å². The van der Waals surface area contributed by atoms with E-state index < -0.39 is 0 Å². The first kappa shape index (κ1) is 18.0. The number of piperazine rings is 1. The molecule has 2 aliphatic heterocycles. The summed E-state index contributed by atoms with van der Waals surface area (Å²) in [6.45, 7) is 9.75. The van der Waals surface area contributed by atoms with Crippen molar-refractivity contribution in [2.24, 2.45) is 0 Å². The van der Waals surface area contributed by atoms with Gasteiger partial charge in [-0.15, -0.1) is 0 Å². The van der Waals surface area contributed by atoms with E-state index in [9.17, 15) is 0 Å². The monoisotopic (exact) mass is 367 g/mol. The summed E-state index contributed by atoms with van der Waals surface area (Å²) in [5, 5.41) is 3.43. The lowest BCUT2D eigenvalue weighted by Gasteiger charge is -2.37. The fourth-order valence-electron chi connectivity index (χ4n) is 3.85. The van der Waals surface area contributed by atoms with Crippen LogP contribution in [0.4, 0.5) is 17.3 Å². The molecule has 2 fully saturated rings. The van der Waals surface area contributed by atoms with Gasteiger partial charge >= 0.3 is 0 Å². The first-order valence-corrected chi connectivity index (χ1v) is 9.95. The molecule has 1 aromatic carbocycles. The highest BCUT2D eigenvalue weighted by Gasteiger charge is 2.20. The number of hydrogen-bond donors (Lipinski definition) is 1. The van der Waals surface area contributed by atoms with Crippen molar-refractivity contribution in [3.63, 3.8) is 0 Å². The first-order valence-electron chi connectivity index (χ1n) is 9.95. The van der Waals surface area contributed by atoms with Gasteiger partial charge in [-0.2, -0.15) is 0 Å². The van der Waals surface area contributed by atoms with Crippen LogP contribution in [0.1, 0.15) is 24.2 Å². The van der Waals surface area contributed by atoms with Crippen LogP contribution in [0.2, 0.25) is 0 Å². The summed E-state index contributed by atoms with van der Waals surface area (Å²) in [6, 6.07) is 10.8. The van der Waals surface area contributed by atoms with Crippen molar-refractivity contribution in [2.45, 2.75) is 32.8 Å². The van der Waals surface area contributed by atoms with E-state index in [1.165, 1.54) is 11.3 Å². The number of nitrogens with zero attached hydrogens (tertiary/aromatic N) is 4. The molecule has 4 rings (SSSR count). The molecule has 0 spiro atoms. The van der Waals surface area contributed by atoms with Crippen LogP contribution in [0, 0.1) is 13.8 Å². The number of nitrogens with one attached hydrogen (secondary N) is 1. The summed E-state index contributed by atoms with van der Waals surface area (Å²) < 4.78 is 5.69. The van der Waals surface area contributed by atoms with Crippen molar-refractivity contribution in [3.8, 4) is 0 Å². The van der Waals surface area contributed by atoms with Gasteiger partial charge in [0.25, 0.3) is 0 Å². The number of benzene rings is 1. The number of aromatic nitrogens is 2. The molecule has 2 saturated heterocycles. The zero-order valence-electron chi connectivity index (χ0n) is 16.3. The number of anilines is 3. The van der Waals surface area contributed by atoms with Crippen LogP contribution in [-0.4, -0.2) is 55.4 Å². The van der Waals surface area contributed by atoms with E-state index in [2.05, 4.69) is 62.3 Å². The maximum atomic E-state index is 5.69. The second-order valence-corrected chi connectivity index (χ2v) is 7.49. The van der Waals surface area contributed by atoms with Crippen molar-refractivity contribution in [3.05, 3.63) is 41.7 Å². The largest absolute Gasteiger partial charge is 0.376 e. The predicted octanol–water partition coefficient (Wildman–Crippen LogP) is 3.01. The minimum absolute atomic E-state index is 0.307. The predicted molar refractivity (Wildman–Crippen MR) is 110 cm³/mol. The number of aryl methyl sites for hydroxylation is 2. The van der Waals surface area contributed by atoms with Gasteiger partial charge in [-0.3, -0.25) is 0 Å². The standard InChI is InChI=1S/C21H29N5O/c1-16-5-3-6-18(13-16)25-8-10-26(11-9-25)21-14-20(23-17(2)24-21)22-15-19-7-4-12-27-19/h3,5-6,13-14,19H,4,7-12,15H2,1-2H3,(H,22,23,24). The lowest BCUT2D eigenvalue weighted by molar-refractivity contribution is 0.120. The average Bonchev–Trinajstić information content (AvgIpc) is 3.20. The van der Waals surface area contributed by atoms with Crippen molar-refractivity contribution in [1.82, 2.24) is 9.97 Å². The van der Waals surface area contributed by atoms with Crippen molar-refractivity contribution >= 4 is 17.3 Å². The first-order chi connectivity index (χ1) is 13.2. The number of hydrogen-bond acceptors (Lipinski definition) is 6. The molecule has 144 valence electrons. The number of rotatable bonds is 5. The highest BCUT2D eigenvalue weighted by atomic mass is 16.5. The molecule has 0 saturated carbocycles. The maximum Gasteiger partial charge on any atom is 0.134 e. The second-order valence-electron chi connectivity index (χ2n) is 7.49. The van der Waals surface area contributed by atoms with E-state index in [0.29, 0.717) is 6.10 Å². The van der Waals surface area contributed by atoms with Gasteiger partial charge in [0.1, 0.15) is 17.5 Å². The molecule has 27 heavy (non-hydrogen) atoms. The van der Waals surface area contributed by atoms with Gasteiger partial charge < -0.3 is 19.9 Å². The van der Waals surface area contributed by atoms with Crippen LogP contribution in [0.3, 0.4) is 0 Å². The van der Waals surface area contributed by atoms with Crippen molar-refractivity contribution < 1.29 is 4.74 Å². The highest BCUT2D eigenvalue weighted by Crippen LogP contribution is 2.22. The SMILES string of the molecule is Cc1cccc(N2CCN(c3cc(NCC4CCCO4)nc(C)n3)CC2)c1. The maximum absolute atomic E-state index is 5.69. The second kappa shape index (κ2) is 8.13. The lowest BCUT2D eigenvalue weighted by atomic mass is 10.2. The quantitative estimate of drug-likeness (QED) is 0.877. The molecule has 3 heterocycles. The molecular formula is C21H29N5O. The summed E-state index contributed by atoms with van der Waals surface area (Å²) in [5.74, 6) is 2.72. The molecule has 1 unspecified atom stereocenters. The molecule has 2 aromatic rings. The summed E-state index contributed by atoms with van der Waals surface area (Å²) in [4.78, 5) is 14.0. The molecule has 1 atom stereocenters. The van der Waals surface area contributed by atoms with E-state index in [4.69, 9.17) is 4.74 Å². The van der Waals surface area contributed by atoms with Gasteiger partial charge in [0.05, 0.1) is 6.10 Å². The fourth-order valence-corrected chi connectivity index (χ4v) is 3.85. The Balaban J connectivity index is 1.38. The molecule has 0 aliphatic carbocycles. The Morgan fingerprint density at radius 2 is 1.89 bits per heavy atom. The van der Waals surface area contributed by atoms with Gasteiger partial charge in [0.15, 0.2) is 0 Å². The molecule has 1 N–H and O–H groups in total. The Bertz CT molecular complexity index is 767. The van der Waals surface area contributed by atoms with Gasteiger partial charge in [-0.05, 0) is 44.4 Å². The molecule has 1 aromatic heterocycles. The minimum atomic E-state index is 0.307. The lowest BCUT2D eigenvalue weighted by Crippen LogP contribution is -2.47. The highest BCUT2D eigenvalue weighted by molar-refractivity contribution is 5.53. The molecular weight excluding hydrogens is 338 g/mol.